The monoisotopic (exact) mass is 382 g/mol. The van der Waals surface area contributed by atoms with E-state index < -0.39 is 0 Å². The van der Waals surface area contributed by atoms with Gasteiger partial charge in [0, 0.05) is 28.5 Å². The van der Waals surface area contributed by atoms with Crippen LogP contribution >= 0.6 is 11.3 Å². The van der Waals surface area contributed by atoms with Gasteiger partial charge < -0.3 is 10.1 Å². The summed E-state index contributed by atoms with van der Waals surface area (Å²) in [7, 11) is 1.61. The Hall–Kier alpha value is -2.54. The van der Waals surface area contributed by atoms with Crippen molar-refractivity contribution in [3.05, 3.63) is 29.4 Å². The van der Waals surface area contributed by atoms with E-state index in [-0.39, 0.29) is 11.8 Å². The molecule has 0 radical (unpaired) electrons. The Bertz CT molecular complexity index is 979. The van der Waals surface area contributed by atoms with Gasteiger partial charge in [-0.05, 0) is 25.8 Å². The Balaban J connectivity index is 1.69. The van der Waals surface area contributed by atoms with Gasteiger partial charge in [0.2, 0.25) is 5.91 Å². The van der Waals surface area contributed by atoms with Gasteiger partial charge in [0.25, 0.3) is 0 Å². The molecular formula is C20H22N4O2S. The quantitative estimate of drug-likeness (QED) is 0.714. The number of carbonyl (C=O) groups is 1. The third-order valence-corrected chi connectivity index (χ3v) is 5.93. The predicted octanol–water partition coefficient (Wildman–Crippen LogP) is 4.59. The van der Waals surface area contributed by atoms with E-state index in [4.69, 9.17) is 4.74 Å². The molecule has 2 heterocycles. The van der Waals surface area contributed by atoms with Crippen LogP contribution in [0.4, 0.5) is 5.82 Å². The number of carbonyl (C=O) groups excluding carboxylic acids is 1. The highest BCUT2D eigenvalue weighted by atomic mass is 32.1. The first-order chi connectivity index (χ1) is 13.2. The van der Waals surface area contributed by atoms with Crippen LogP contribution in [0.3, 0.4) is 0 Å². The Morgan fingerprint density at radius 1 is 1.22 bits per heavy atom. The Kier molecular flexibility index (Phi) is 5.03. The van der Waals surface area contributed by atoms with Crippen LogP contribution in [0, 0.1) is 12.8 Å². The summed E-state index contributed by atoms with van der Waals surface area (Å²) in [6.45, 7) is 1.94. The number of hydrogen-bond donors (Lipinski definition) is 1. The molecule has 1 N–H and O–H groups in total. The van der Waals surface area contributed by atoms with Crippen molar-refractivity contribution in [2.45, 2.75) is 39.0 Å². The van der Waals surface area contributed by atoms with Gasteiger partial charge in [0.1, 0.15) is 10.0 Å². The van der Waals surface area contributed by atoms with E-state index >= 15 is 0 Å². The third kappa shape index (κ3) is 3.64. The summed E-state index contributed by atoms with van der Waals surface area (Å²) in [6, 6.07) is 6.01. The van der Waals surface area contributed by atoms with Crippen LogP contribution in [0.1, 0.15) is 37.1 Å². The summed E-state index contributed by atoms with van der Waals surface area (Å²) >= 11 is 1.55. The summed E-state index contributed by atoms with van der Waals surface area (Å²) in [6.07, 6.45) is 7.11. The van der Waals surface area contributed by atoms with Crippen molar-refractivity contribution in [2.75, 3.05) is 12.4 Å². The minimum absolute atomic E-state index is 0.0377. The lowest BCUT2D eigenvalue weighted by Crippen LogP contribution is -2.25. The SMILES string of the molecule is COc1c(NC(=O)C2CCCCC2)ncc2ccc(-c3nnc(C)s3)cc12. The molecule has 0 saturated heterocycles. The molecule has 1 aliphatic rings. The Morgan fingerprint density at radius 3 is 2.74 bits per heavy atom. The fraction of sp³-hybridized carbons (Fsp3) is 0.400. The number of ether oxygens (including phenoxy) is 1. The third-order valence-electron chi connectivity index (χ3n) is 5.04. The topological polar surface area (TPSA) is 77.0 Å². The average molecular weight is 382 g/mol. The number of nitrogens with one attached hydrogen (secondary N) is 1. The van der Waals surface area contributed by atoms with Gasteiger partial charge in [0.15, 0.2) is 11.6 Å². The molecule has 0 unspecified atom stereocenters. The van der Waals surface area contributed by atoms with Crippen LogP contribution in [0.25, 0.3) is 21.3 Å². The molecule has 1 amide bonds. The molecule has 0 atom stereocenters. The van der Waals surface area contributed by atoms with Gasteiger partial charge >= 0.3 is 0 Å². The fourth-order valence-corrected chi connectivity index (χ4v) is 4.30. The maximum Gasteiger partial charge on any atom is 0.228 e. The summed E-state index contributed by atoms with van der Waals surface area (Å²) in [4.78, 5) is 17.1. The second-order valence-electron chi connectivity index (χ2n) is 6.89. The number of anilines is 1. The molecular weight excluding hydrogens is 360 g/mol. The number of fused-ring (bicyclic) bond motifs is 1. The molecule has 0 spiro atoms. The largest absolute Gasteiger partial charge is 0.492 e. The van der Waals surface area contributed by atoms with Crippen LogP contribution in [-0.2, 0) is 4.79 Å². The highest BCUT2D eigenvalue weighted by molar-refractivity contribution is 7.14. The number of amides is 1. The first-order valence-corrected chi connectivity index (χ1v) is 10.1. The summed E-state index contributed by atoms with van der Waals surface area (Å²) < 4.78 is 5.63. The fourth-order valence-electron chi connectivity index (χ4n) is 3.61. The van der Waals surface area contributed by atoms with Gasteiger partial charge in [-0.25, -0.2) is 4.98 Å². The lowest BCUT2D eigenvalue weighted by atomic mass is 9.89. The lowest BCUT2D eigenvalue weighted by molar-refractivity contribution is -0.120. The average Bonchev–Trinajstić information content (AvgIpc) is 3.14. The van der Waals surface area contributed by atoms with Crippen molar-refractivity contribution in [1.82, 2.24) is 15.2 Å². The highest BCUT2D eigenvalue weighted by Crippen LogP contribution is 2.36. The predicted molar refractivity (Wildman–Crippen MR) is 107 cm³/mol. The van der Waals surface area contributed by atoms with Crippen molar-refractivity contribution < 1.29 is 9.53 Å². The maximum atomic E-state index is 12.6. The number of methoxy groups -OCH3 is 1. The molecule has 7 heteroatoms. The smallest absolute Gasteiger partial charge is 0.228 e. The van der Waals surface area contributed by atoms with Gasteiger partial charge in [0.05, 0.1) is 7.11 Å². The van der Waals surface area contributed by atoms with E-state index in [0.29, 0.717) is 11.6 Å². The standard InChI is InChI=1S/C20H22N4O2S/c1-12-23-24-20(27-12)14-8-9-15-11-21-18(17(26-2)16(15)10-14)22-19(25)13-6-4-3-5-7-13/h8-11,13H,3-7H2,1-2H3,(H,21,22,25). The van der Waals surface area contributed by atoms with Crippen LogP contribution in [0.5, 0.6) is 5.75 Å². The molecule has 140 valence electrons. The van der Waals surface area contributed by atoms with E-state index in [1.807, 2.05) is 25.1 Å². The second-order valence-corrected chi connectivity index (χ2v) is 8.07. The lowest BCUT2D eigenvalue weighted by Gasteiger charge is -2.21. The first-order valence-electron chi connectivity index (χ1n) is 9.24. The molecule has 27 heavy (non-hydrogen) atoms. The van der Waals surface area contributed by atoms with Crippen LogP contribution < -0.4 is 10.1 Å². The minimum Gasteiger partial charge on any atom is -0.492 e. The molecule has 1 saturated carbocycles. The van der Waals surface area contributed by atoms with E-state index in [0.717, 1.165) is 52.0 Å². The molecule has 0 aliphatic heterocycles. The highest BCUT2D eigenvalue weighted by Gasteiger charge is 2.23. The molecule has 1 aliphatic carbocycles. The van der Waals surface area contributed by atoms with Gasteiger partial charge in [-0.2, -0.15) is 0 Å². The molecule has 0 bridgehead atoms. The van der Waals surface area contributed by atoms with Crippen molar-refractivity contribution in [1.29, 1.82) is 0 Å². The van der Waals surface area contributed by atoms with E-state index in [2.05, 4.69) is 20.5 Å². The number of aromatic nitrogens is 3. The summed E-state index contributed by atoms with van der Waals surface area (Å²) in [5.74, 6) is 1.17. The molecule has 1 aromatic carbocycles. The van der Waals surface area contributed by atoms with Crippen LogP contribution in [0.2, 0.25) is 0 Å². The van der Waals surface area contributed by atoms with Crippen molar-refractivity contribution in [3.63, 3.8) is 0 Å². The summed E-state index contributed by atoms with van der Waals surface area (Å²) in [5.41, 5.74) is 0.974. The molecule has 3 aromatic rings. The van der Waals surface area contributed by atoms with Gasteiger partial charge in [-0.1, -0.05) is 42.7 Å². The number of rotatable bonds is 4. The molecule has 6 nitrogen and oxygen atoms in total. The van der Waals surface area contributed by atoms with Crippen LogP contribution in [-0.4, -0.2) is 28.2 Å². The van der Waals surface area contributed by atoms with Gasteiger partial charge in [-0.15, -0.1) is 10.2 Å². The zero-order valence-electron chi connectivity index (χ0n) is 15.5. The maximum absolute atomic E-state index is 12.6. The second kappa shape index (κ2) is 7.60. The zero-order chi connectivity index (χ0) is 18.8. The molecule has 4 rings (SSSR count). The Morgan fingerprint density at radius 2 is 2.04 bits per heavy atom. The van der Waals surface area contributed by atoms with E-state index in [9.17, 15) is 4.79 Å². The minimum atomic E-state index is 0.0377. The molecule has 1 fully saturated rings. The summed E-state index contributed by atoms with van der Waals surface area (Å²) in [5, 5.41) is 14.9. The number of nitrogens with zero attached hydrogens (tertiary/aromatic N) is 3. The molecule has 2 aromatic heterocycles. The van der Waals surface area contributed by atoms with Crippen molar-refractivity contribution >= 4 is 33.8 Å². The van der Waals surface area contributed by atoms with Crippen LogP contribution in [0.15, 0.2) is 24.4 Å². The number of pyridine rings is 1. The normalized spacial score (nSPS) is 15.0. The van der Waals surface area contributed by atoms with Gasteiger partial charge in [-0.3, -0.25) is 4.79 Å². The van der Waals surface area contributed by atoms with E-state index in [1.165, 1.54) is 6.42 Å². The number of benzene rings is 1. The number of aryl methyl sites for hydroxylation is 1. The first kappa shape index (κ1) is 17.9. The van der Waals surface area contributed by atoms with Crippen molar-refractivity contribution in [3.8, 4) is 16.3 Å². The van der Waals surface area contributed by atoms with Crippen molar-refractivity contribution in [2.24, 2.45) is 5.92 Å². The zero-order valence-corrected chi connectivity index (χ0v) is 16.3. The van der Waals surface area contributed by atoms with E-state index in [1.54, 1.807) is 24.6 Å². The Labute approximate surface area is 162 Å². The number of hydrogen-bond acceptors (Lipinski definition) is 6.